The van der Waals surface area contributed by atoms with E-state index in [2.05, 4.69) is 41.2 Å². The van der Waals surface area contributed by atoms with Crippen LogP contribution in [0, 0.1) is 5.92 Å². The minimum atomic E-state index is 0.774. The van der Waals surface area contributed by atoms with E-state index in [0.717, 1.165) is 28.5 Å². The monoisotopic (exact) mass is 303 g/mol. The predicted octanol–water partition coefficient (Wildman–Crippen LogP) is 4.63. The van der Waals surface area contributed by atoms with Gasteiger partial charge in [-0.2, -0.15) is 0 Å². The van der Waals surface area contributed by atoms with E-state index in [1.807, 2.05) is 12.1 Å². The van der Waals surface area contributed by atoms with E-state index in [1.54, 1.807) is 0 Å². The molecule has 1 aromatic carbocycles. The van der Waals surface area contributed by atoms with Gasteiger partial charge in [0, 0.05) is 16.0 Å². The smallest absolute Gasteiger partial charge is 0.0417 e. The molecule has 0 bridgehead atoms. The molecule has 1 aromatic rings. The highest BCUT2D eigenvalue weighted by Gasteiger charge is 2.00. The Kier molecular flexibility index (Phi) is 6.40. The molecule has 0 radical (unpaired) electrons. The fraction of sp³-hybridized carbons (Fsp3) is 0.538. The van der Waals surface area contributed by atoms with Crippen LogP contribution in [0.25, 0.3) is 0 Å². The first-order chi connectivity index (χ1) is 7.59. The van der Waals surface area contributed by atoms with Crippen LogP contribution in [0.5, 0.6) is 0 Å². The van der Waals surface area contributed by atoms with Gasteiger partial charge in [0.25, 0.3) is 0 Å². The van der Waals surface area contributed by atoms with E-state index in [-0.39, 0.29) is 0 Å². The molecule has 90 valence electrons. The molecule has 0 aliphatic heterocycles. The summed E-state index contributed by atoms with van der Waals surface area (Å²) in [5.74, 6) is 0.795. The molecule has 0 amide bonds. The average Bonchev–Trinajstić information content (AvgIpc) is 2.20. The highest BCUT2D eigenvalue weighted by atomic mass is 79.9. The van der Waals surface area contributed by atoms with Crippen molar-refractivity contribution in [1.82, 2.24) is 5.32 Å². The zero-order chi connectivity index (χ0) is 12.0. The predicted molar refractivity (Wildman–Crippen MR) is 74.9 cm³/mol. The van der Waals surface area contributed by atoms with Gasteiger partial charge in [0.1, 0.15) is 0 Å². The molecule has 0 aliphatic rings. The van der Waals surface area contributed by atoms with Crippen LogP contribution in [0.15, 0.2) is 22.7 Å². The van der Waals surface area contributed by atoms with E-state index >= 15 is 0 Å². The molecular weight excluding hydrogens is 286 g/mol. The van der Waals surface area contributed by atoms with Gasteiger partial charge in [0.05, 0.1) is 0 Å². The molecule has 0 fully saturated rings. The summed E-state index contributed by atoms with van der Waals surface area (Å²) in [7, 11) is 0. The Morgan fingerprint density at radius 3 is 2.75 bits per heavy atom. The van der Waals surface area contributed by atoms with Crippen LogP contribution >= 0.6 is 27.5 Å². The highest BCUT2D eigenvalue weighted by Crippen LogP contribution is 2.21. The molecular formula is C13H19BrClN. The number of nitrogens with one attached hydrogen (secondary N) is 1. The highest BCUT2D eigenvalue weighted by molar-refractivity contribution is 9.10. The van der Waals surface area contributed by atoms with Crippen molar-refractivity contribution in [2.24, 2.45) is 5.92 Å². The van der Waals surface area contributed by atoms with E-state index in [4.69, 9.17) is 11.6 Å². The molecule has 0 saturated carbocycles. The number of rotatable bonds is 6. The zero-order valence-electron chi connectivity index (χ0n) is 9.89. The molecule has 0 heterocycles. The quantitative estimate of drug-likeness (QED) is 0.756. The van der Waals surface area contributed by atoms with Crippen molar-refractivity contribution >= 4 is 27.5 Å². The second-order valence-electron chi connectivity index (χ2n) is 4.45. The third kappa shape index (κ3) is 5.33. The van der Waals surface area contributed by atoms with Gasteiger partial charge < -0.3 is 5.32 Å². The maximum absolute atomic E-state index is 5.89. The van der Waals surface area contributed by atoms with Gasteiger partial charge in [-0.15, -0.1) is 0 Å². The minimum Gasteiger partial charge on any atom is -0.313 e. The van der Waals surface area contributed by atoms with Crippen LogP contribution in [0.4, 0.5) is 0 Å². The lowest BCUT2D eigenvalue weighted by Gasteiger charge is -2.08. The number of hydrogen-bond donors (Lipinski definition) is 1. The molecule has 0 aliphatic carbocycles. The first-order valence-corrected chi connectivity index (χ1v) is 6.91. The fourth-order valence-electron chi connectivity index (χ4n) is 1.52. The van der Waals surface area contributed by atoms with Crippen LogP contribution in [-0.2, 0) is 6.54 Å². The molecule has 0 saturated heterocycles. The summed E-state index contributed by atoms with van der Waals surface area (Å²) in [6, 6.07) is 5.92. The fourth-order valence-corrected chi connectivity index (χ4v) is 2.35. The second-order valence-corrected chi connectivity index (χ2v) is 5.74. The van der Waals surface area contributed by atoms with Crippen molar-refractivity contribution in [1.29, 1.82) is 0 Å². The van der Waals surface area contributed by atoms with Crippen LogP contribution in [0.1, 0.15) is 32.3 Å². The Morgan fingerprint density at radius 2 is 2.12 bits per heavy atom. The van der Waals surface area contributed by atoms with Gasteiger partial charge >= 0.3 is 0 Å². The summed E-state index contributed by atoms with van der Waals surface area (Å²) < 4.78 is 1.08. The molecule has 0 atom stereocenters. The molecule has 1 N–H and O–H groups in total. The van der Waals surface area contributed by atoms with Gasteiger partial charge in [-0.05, 0) is 43.0 Å². The van der Waals surface area contributed by atoms with Crippen molar-refractivity contribution in [3.05, 3.63) is 33.3 Å². The lowest BCUT2D eigenvalue weighted by Crippen LogP contribution is -2.15. The van der Waals surface area contributed by atoms with Crippen molar-refractivity contribution in [3.8, 4) is 0 Å². The third-order valence-electron chi connectivity index (χ3n) is 2.47. The summed E-state index contributed by atoms with van der Waals surface area (Å²) in [5.41, 5.74) is 1.26. The van der Waals surface area contributed by atoms with E-state index in [1.165, 1.54) is 18.4 Å². The van der Waals surface area contributed by atoms with Gasteiger partial charge in [-0.1, -0.05) is 47.4 Å². The summed E-state index contributed by atoms with van der Waals surface area (Å²) >= 11 is 9.40. The molecule has 0 unspecified atom stereocenters. The Labute approximate surface area is 112 Å². The third-order valence-corrected chi connectivity index (χ3v) is 3.44. The lowest BCUT2D eigenvalue weighted by molar-refractivity contribution is 0.527. The maximum Gasteiger partial charge on any atom is 0.0417 e. The zero-order valence-corrected chi connectivity index (χ0v) is 12.2. The molecule has 16 heavy (non-hydrogen) atoms. The maximum atomic E-state index is 5.89. The van der Waals surface area contributed by atoms with Crippen LogP contribution in [0.3, 0.4) is 0 Å². The van der Waals surface area contributed by atoms with Crippen molar-refractivity contribution in [2.45, 2.75) is 33.2 Å². The first kappa shape index (κ1) is 14.0. The van der Waals surface area contributed by atoms with Gasteiger partial charge in [-0.25, -0.2) is 0 Å². The number of halogens is 2. The Bertz CT molecular complexity index is 326. The first-order valence-electron chi connectivity index (χ1n) is 5.74. The second kappa shape index (κ2) is 7.31. The van der Waals surface area contributed by atoms with Gasteiger partial charge in [0.15, 0.2) is 0 Å². The van der Waals surface area contributed by atoms with E-state index < -0.39 is 0 Å². The molecule has 0 aromatic heterocycles. The topological polar surface area (TPSA) is 12.0 Å². The Balaban J connectivity index is 2.27. The van der Waals surface area contributed by atoms with Gasteiger partial charge in [-0.3, -0.25) is 0 Å². The van der Waals surface area contributed by atoms with Crippen molar-refractivity contribution < 1.29 is 0 Å². The summed E-state index contributed by atoms with van der Waals surface area (Å²) in [4.78, 5) is 0. The normalized spacial score (nSPS) is 11.1. The molecule has 3 heteroatoms. The minimum absolute atomic E-state index is 0.774. The largest absolute Gasteiger partial charge is 0.313 e. The molecule has 0 spiro atoms. The SMILES string of the molecule is CC(C)CCCNCc1ccc(Cl)cc1Br. The van der Waals surface area contributed by atoms with Crippen molar-refractivity contribution in [2.75, 3.05) is 6.54 Å². The van der Waals surface area contributed by atoms with Crippen LogP contribution in [0.2, 0.25) is 5.02 Å². The summed E-state index contributed by atoms with van der Waals surface area (Å²) in [6.07, 6.45) is 2.53. The van der Waals surface area contributed by atoms with Crippen LogP contribution < -0.4 is 5.32 Å². The van der Waals surface area contributed by atoms with Crippen molar-refractivity contribution in [3.63, 3.8) is 0 Å². The van der Waals surface area contributed by atoms with Gasteiger partial charge in [0.2, 0.25) is 0 Å². The Hall–Kier alpha value is -0.0500. The standard InChI is InChI=1S/C13H19BrClN/c1-10(2)4-3-7-16-9-11-5-6-12(15)8-13(11)14/h5-6,8,10,16H,3-4,7,9H2,1-2H3. The average molecular weight is 305 g/mol. The number of benzene rings is 1. The molecule has 1 rings (SSSR count). The molecule has 1 nitrogen and oxygen atoms in total. The summed E-state index contributed by atoms with van der Waals surface area (Å²) in [6.45, 7) is 6.49. The summed E-state index contributed by atoms with van der Waals surface area (Å²) in [5, 5.41) is 4.22. The lowest BCUT2D eigenvalue weighted by atomic mass is 10.1. The number of hydrogen-bond acceptors (Lipinski definition) is 1. The van der Waals surface area contributed by atoms with E-state index in [9.17, 15) is 0 Å². The Morgan fingerprint density at radius 1 is 1.38 bits per heavy atom. The van der Waals surface area contributed by atoms with E-state index in [0.29, 0.717) is 0 Å². The van der Waals surface area contributed by atoms with Crippen LogP contribution in [-0.4, -0.2) is 6.54 Å².